The highest BCUT2D eigenvalue weighted by atomic mass is 16.5. The van der Waals surface area contributed by atoms with Gasteiger partial charge in [0.1, 0.15) is 17.6 Å². The number of hydrogen-bond acceptors (Lipinski definition) is 4. The molecule has 18 heavy (non-hydrogen) atoms. The first kappa shape index (κ1) is 14.8. The summed E-state index contributed by atoms with van der Waals surface area (Å²) in [5, 5.41) is 0. The van der Waals surface area contributed by atoms with Gasteiger partial charge >= 0.3 is 0 Å². The number of hydrogen-bond donors (Lipinski definition) is 1. The minimum atomic E-state index is 0.00947. The van der Waals surface area contributed by atoms with E-state index in [0.717, 1.165) is 23.5 Å². The summed E-state index contributed by atoms with van der Waals surface area (Å²) in [6.07, 6.45) is 0.766. The molecule has 0 bridgehead atoms. The third kappa shape index (κ3) is 4.55. The average molecular weight is 253 g/mol. The van der Waals surface area contributed by atoms with Gasteiger partial charge in [-0.05, 0) is 44.0 Å². The SMILES string of the molecule is COCC(C)Oc1ccc(OC)cc1CC(C)N. The molecule has 2 unspecified atom stereocenters. The Morgan fingerprint density at radius 1 is 1.22 bits per heavy atom. The van der Waals surface area contributed by atoms with Crippen molar-refractivity contribution in [1.82, 2.24) is 0 Å². The molecule has 0 aromatic heterocycles. The first-order valence-electron chi connectivity index (χ1n) is 6.15. The van der Waals surface area contributed by atoms with Gasteiger partial charge in [-0.1, -0.05) is 0 Å². The lowest BCUT2D eigenvalue weighted by molar-refractivity contribution is 0.0913. The zero-order valence-electron chi connectivity index (χ0n) is 11.6. The molecule has 4 heteroatoms. The van der Waals surface area contributed by atoms with Crippen LogP contribution < -0.4 is 15.2 Å². The highest BCUT2D eigenvalue weighted by molar-refractivity contribution is 5.41. The van der Waals surface area contributed by atoms with Crippen LogP contribution in [0.25, 0.3) is 0 Å². The van der Waals surface area contributed by atoms with Crippen LogP contribution in [0.5, 0.6) is 11.5 Å². The molecule has 0 radical (unpaired) electrons. The molecule has 0 amide bonds. The van der Waals surface area contributed by atoms with E-state index in [2.05, 4.69) is 0 Å². The number of nitrogens with two attached hydrogens (primary N) is 1. The topological polar surface area (TPSA) is 53.7 Å². The Morgan fingerprint density at radius 3 is 2.50 bits per heavy atom. The molecule has 4 nitrogen and oxygen atoms in total. The van der Waals surface area contributed by atoms with Crippen LogP contribution in [0.2, 0.25) is 0 Å². The second-order valence-corrected chi connectivity index (χ2v) is 4.54. The first-order chi connectivity index (χ1) is 8.56. The molecule has 2 atom stereocenters. The van der Waals surface area contributed by atoms with Crippen molar-refractivity contribution in [1.29, 1.82) is 0 Å². The molecule has 0 aliphatic heterocycles. The molecule has 0 saturated carbocycles. The van der Waals surface area contributed by atoms with Gasteiger partial charge in [0, 0.05) is 13.2 Å². The summed E-state index contributed by atoms with van der Waals surface area (Å²) in [5.41, 5.74) is 6.92. The fourth-order valence-corrected chi connectivity index (χ4v) is 1.79. The molecular formula is C14H23NO3. The summed E-state index contributed by atoms with van der Waals surface area (Å²) in [5.74, 6) is 1.66. The molecule has 0 aliphatic rings. The summed E-state index contributed by atoms with van der Waals surface area (Å²) in [7, 11) is 3.32. The summed E-state index contributed by atoms with van der Waals surface area (Å²) < 4.78 is 16.1. The van der Waals surface area contributed by atoms with Crippen molar-refractivity contribution in [3.63, 3.8) is 0 Å². The minimum Gasteiger partial charge on any atom is -0.497 e. The van der Waals surface area contributed by atoms with Crippen LogP contribution in [0.3, 0.4) is 0 Å². The van der Waals surface area contributed by atoms with Crippen LogP contribution >= 0.6 is 0 Å². The molecule has 102 valence electrons. The van der Waals surface area contributed by atoms with Crippen molar-refractivity contribution < 1.29 is 14.2 Å². The van der Waals surface area contributed by atoms with Crippen LogP contribution in [0.4, 0.5) is 0 Å². The third-order valence-electron chi connectivity index (χ3n) is 2.54. The third-order valence-corrected chi connectivity index (χ3v) is 2.54. The monoisotopic (exact) mass is 253 g/mol. The molecule has 0 aliphatic carbocycles. The zero-order valence-corrected chi connectivity index (χ0v) is 11.6. The van der Waals surface area contributed by atoms with Crippen LogP contribution in [-0.2, 0) is 11.2 Å². The highest BCUT2D eigenvalue weighted by Crippen LogP contribution is 2.26. The quantitative estimate of drug-likeness (QED) is 0.807. The summed E-state index contributed by atoms with van der Waals surface area (Å²) >= 11 is 0. The van der Waals surface area contributed by atoms with Gasteiger partial charge in [0.05, 0.1) is 13.7 Å². The van der Waals surface area contributed by atoms with E-state index in [1.165, 1.54) is 0 Å². The Kier molecular flexibility index (Phi) is 5.95. The van der Waals surface area contributed by atoms with Crippen LogP contribution in [-0.4, -0.2) is 33.0 Å². The Bertz CT molecular complexity index is 366. The van der Waals surface area contributed by atoms with Crippen molar-refractivity contribution in [2.75, 3.05) is 20.8 Å². The van der Waals surface area contributed by atoms with Crippen molar-refractivity contribution in [3.8, 4) is 11.5 Å². The van der Waals surface area contributed by atoms with Crippen LogP contribution in [0, 0.1) is 0 Å². The molecule has 1 aromatic rings. The number of benzene rings is 1. The second-order valence-electron chi connectivity index (χ2n) is 4.54. The van der Waals surface area contributed by atoms with Crippen molar-refractivity contribution in [2.45, 2.75) is 32.4 Å². The normalized spacial score (nSPS) is 14.1. The van der Waals surface area contributed by atoms with Crippen molar-refractivity contribution >= 4 is 0 Å². The van der Waals surface area contributed by atoms with Gasteiger partial charge in [0.25, 0.3) is 0 Å². The first-order valence-corrected chi connectivity index (χ1v) is 6.15. The molecule has 0 spiro atoms. The van der Waals surface area contributed by atoms with Crippen molar-refractivity contribution in [2.24, 2.45) is 5.73 Å². The van der Waals surface area contributed by atoms with E-state index in [1.54, 1.807) is 14.2 Å². The van der Waals surface area contributed by atoms with Gasteiger partial charge < -0.3 is 19.9 Å². The van der Waals surface area contributed by atoms with Crippen LogP contribution in [0.1, 0.15) is 19.4 Å². The molecule has 0 fully saturated rings. The van der Waals surface area contributed by atoms with E-state index >= 15 is 0 Å². The van der Waals surface area contributed by atoms with E-state index in [-0.39, 0.29) is 12.1 Å². The Labute approximate surface area is 109 Å². The van der Waals surface area contributed by atoms with Gasteiger partial charge in [-0.3, -0.25) is 0 Å². The average Bonchev–Trinajstić information content (AvgIpc) is 2.31. The second kappa shape index (κ2) is 7.24. The smallest absolute Gasteiger partial charge is 0.123 e. The summed E-state index contributed by atoms with van der Waals surface area (Å²) in [6.45, 7) is 4.51. The maximum atomic E-state index is 5.85. The number of rotatable bonds is 7. The molecule has 0 saturated heterocycles. The highest BCUT2D eigenvalue weighted by Gasteiger charge is 2.11. The van der Waals surface area contributed by atoms with Gasteiger partial charge in [-0.25, -0.2) is 0 Å². The Hall–Kier alpha value is -1.26. The zero-order chi connectivity index (χ0) is 13.5. The molecular weight excluding hydrogens is 230 g/mol. The van der Waals surface area contributed by atoms with Gasteiger partial charge in [0.15, 0.2) is 0 Å². The largest absolute Gasteiger partial charge is 0.497 e. The molecule has 2 N–H and O–H groups in total. The van der Waals surface area contributed by atoms with E-state index in [0.29, 0.717) is 6.61 Å². The Balaban J connectivity index is 2.87. The number of methoxy groups -OCH3 is 2. The van der Waals surface area contributed by atoms with Gasteiger partial charge in [-0.15, -0.1) is 0 Å². The van der Waals surface area contributed by atoms with E-state index in [4.69, 9.17) is 19.9 Å². The molecule has 1 rings (SSSR count). The standard InChI is InChI=1S/C14H23NO3/c1-10(15)7-12-8-13(17-4)5-6-14(12)18-11(2)9-16-3/h5-6,8,10-11H,7,9,15H2,1-4H3. The Morgan fingerprint density at radius 2 is 1.94 bits per heavy atom. The number of ether oxygens (including phenoxy) is 3. The predicted octanol–water partition coefficient (Wildman–Crippen LogP) is 2.00. The van der Waals surface area contributed by atoms with Gasteiger partial charge in [0.2, 0.25) is 0 Å². The maximum absolute atomic E-state index is 5.85. The predicted molar refractivity (Wildman–Crippen MR) is 72.3 cm³/mol. The summed E-state index contributed by atoms with van der Waals surface area (Å²) in [6, 6.07) is 5.86. The van der Waals surface area contributed by atoms with E-state index in [9.17, 15) is 0 Å². The fraction of sp³-hybridized carbons (Fsp3) is 0.571. The molecule has 0 heterocycles. The van der Waals surface area contributed by atoms with E-state index in [1.807, 2.05) is 32.0 Å². The lowest BCUT2D eigenvalue weighted by Crippen LogP contribution is -2.21. The van der Waals surface area contributed by atoms with Gasteiger partial charge in [-0.2, -0.15) is 0 Å². The molecule has 1 aromatic carbocycles. The lowest BCUT2D eigenvalue weighted by atomic mass is 10.1. The maximum Gasteiger partial charge on any atom is 0.123 e. The van der Waals surface area contributed by atoms with Crippen LogP contribution in [0.15, 0.2) is 18.2 Å². The fourth-order valence-electron chi connectivity index (χ4n) is 1.79. The minimum absolute atomic E-state index is 0.00947. The summed E-state index contributed by atoms with van der Waals surface area (Å²) in [4.78, 5) is 0. The van der Waals surface area contributed by atoms with E-state index < -0.39 is 0 Å². The van der Waals surface area contributed by atoms with Crippen molar-refractivity contribution in [3.05, 3.63) is 23.8 Å². The lowest BCUT2D eigenvalue weighted by Gasteiger charge is -2.18.